The second kappa shape index (κ2) is 12.6. The first-order valence-corrected chi connectivity index (χ1v) is 18.2. The fraction of sp³-hybridized carbons (Fsp3) is 0. The van der Waals surface area contributed by atoms with Crippen molar-refractivity contribution < 1.29 is 4.42 Å². The van der Waals surface area contributed by atoms with E-state index >= 15 is 0 Å². The normalized spacial score (nSPS) is 11.9. The summed E-state index contributed by atoms with van der Waals surface area (Å²) >= 11 is 0. The van der Waals surface area contributed by atoms with E-state index in [4.69, 9.17) is 19.4 Å². The molecular weight excluding hydrogens is 631 g/mol. The Morgan fingerprint density at radius 3 is 1.36 bits per heavy atom. The van der Waals surface area contributed by atoms with Gasteiger partial charge in [0.05, 0.1) is 0 Å². The number of aromatic nitrogens is 3. The quantitative estimate of drug-likeness (QED) is 0.171. The molecule has 0 fully saturated rings. The molecule has 0 saturated heterocycles. The minimum atomic E-state index is -2.02. The Labute approximate surface area is 292 Å². The average molecular weight is 662 g/mol. The third kappa shape index (κ3) is 5.16. The summed E-state index contributed by atoms with van der Waals surface area (Å²) in [6, 6.07) is 65.8. The van der Waals surface area contributed by atoms with Crippen LogP contribution in [0.4, 0.5) is 0 Å². The Balaban J connectivity index is 1.32. The first-order valence-electron chi connectivity index (χ1n) is 16.6. The van der Waals surface area contributed by atoms with Crippen molar-refractivity contribution in [3.63, 3.8) is 0 Å². The van der Waals surface area contributed by atoms with Crippen molar-refractivity contribution in [1.29, 1.82) is 0 Å². The zero-order chi connectivity index (χ0) is 33.3. The summed E-state index contributed by atoms with van der Waals surface area (Å²) in [6.45, 7) is 0. The van der Waals surface area contributed by atoms with Gasteiger partial charge in [-0.15, -0.1) is 10.0 Å². The minimum Gasteiger partial charge on any atom is -0.456 e. The molecule has 5 heteroatoms. The number of nitrogens with zero attached hydrogens (tertiary/aromatic N) is 3. The van der Waals surface area contributed by atoms with E-state index in [0.29, 0.717) is 17.5 Å². The van der Waals surface area contributed by atoms with Gasteiger partial charge < -0.3 is 4.42 Å². The van der Waals surface area contributed by atoms with Gasteiger partial charge in [0.15, 0.2) is 17.5 Å². The molecule has 9 aromatic rings. The molecule has 0 saturated carbocycles. The third-order valence-electron chi connectivity index (χ3n) is 9.04. The molecule has 0 aliphatic heterocycles. The lowest BCUT2D eigenvalue weighted by Gasteiger charge is -2.42. The second-order valence-corrected chi connectivity index (χ2v) is 15.2. The Hall–Kier alpha value is -6.30. The van der Waals surface area contributed by atoms with Gasteiger partial charge in [-0.2, -0.15) is 0 Å². The summed E-state index contributed by atoms with van der Waals surface area (Å²) in [5.41, 5.74) is 4.58. The van der Waals surface area contributed by atoms with E-state index in [1.807, 2.05) is 72.8 Å². The summed E-state index contributed by atoms with van der Waals surface area (Å²) in [5, 5.41) is 2.22. The maximum atomic E-state index is 6.30. The Kier molecular flexibility index (Phi) is 7.52. The van der Waals surface area contributed by atoms with Crippen molar-refractivity contribution in [2.75, 3.05) is 0 Å². The van der Waals surface area contributed by atoms with Crippen molar-refractivity contribution in [2.45, 2.75) is 19.6 Å². The second-order valence-electron chi connectivity index (χ2n) is 12.1. The Bertz CT molecular complexity index is 2490. The molecule has 0 spiro atoms. The van der Waals surface area contributed by atoms with Gasteiger partial charge in [0.25, 0.3) is 0 Å². The molecule has 0 radical (unpaired) electrons. The van der Waals surface area contributed by atoms with E-state index in [0.717, 1.165) is 38.6 Å². The first-order chi connectivity index (χ1) is 24.8. The highest BCUT2D eigenvalue weighted by molar-refractivity contribution is 8.34. The molecule has 0 bridgehead atoms. The molecule has 0 aliphatic rings. The molecule has 0 unspecified atom stereocenters. The molecule has 238 valence electrons. The van der Waals surface area contributed by atoms with Gasteiger partial charge in [0, 0.05) is 47.0 Å². The van der Waals surface area contributed by atoms with E-state index in [-0.39, 0.29) is 0 Å². The molecule has 7 aromatic carbocycles. The molecule has 4 nitrogen and oxygen atoms in total. The van der Waals surface area contributed by atoms with Crippen LogP contribution in [0.15, 0.2) is 212 Å². The topological polar surface area (TPSA) is 51.8 Å². The Morgan fingerprint density at radius 1 is 0.320 bits per heavy atom. The zero-order valence-corrected chi connectivity index (χ0v) is 27.9. The number of rotatable bonds is 7. The van der Waals surface area contributed by atoms with Crippen LogP contribution in [0.25, 0.3) is 56.1 Å². The van der Waals surface area contributed by atoms with Gasteiger partial charge in [-0.3, -0.25) is 0 Å². The lowest BCUT2D eigenvalue weighted by atomic mass is 10.1. The number of furan rings is 1. The van der Waals surface area contributed by atoms with Gasteiger partial charge in [-0.05, 0) is 60.7 Å². The monoisotopic (exact) mass is 661 g/mol. The lowest BCUT2D eigenvalue weighted by molar-refractivity contribution is 0.668. The van der Waals surface area contributed by atoms with Crippen LogP contribution in [0.1, 0.15) is 0 Å². The summed E-state index contributed by atoms with van der Waals surface area (Å²) in [5.74, 6) is 1.91. The predicted octanol–water partition coefficient (Wildman–Crippen LogP) is 12.1. The highest BCUT2D eigenvalue weighted by atomic mass is 32.3. The zero-order valence-electron chi connectivity index (χ0n) is 27.1. The molecule has 2 aromatic heterocycles. The first kappa shape index (κ1) is 29.8. The number of hydrogen-bond acceptors (Lipinski definition) is 4. The fourth-order valence-electron chi connectivity index (χ4n) is 6.72. The van der Waals surface area contributed by atoms with Crippen LogP contribution in [0.5, 0.6) is 0 Å². The van der Waals surface area contributed by atoms with Crippen LogP contribution >= 0.6 is 10.0 Å². The molecule has 2 heterocycles. The number of hydrogen-bond donors (Lipinski definition) is 0. The average Bonchev–Trinajstić information content (AvgIpc) is 3.58. The Morgan fingerprint density at radius 2 is 0.760 bits per heavy atom. The standard InChI is InChI=1S/C45H31N3OS/c1-5-16-32(17-6-1)43-46-44(33-18-7-2-8-19-33)48-45(47-43)34-20-15-25-37(30-34)50(35-21-9-3-10-22-35,36-23-11-4-12-24-36)38-28-29-42-40(31-38)39-26-13-14-27-41(39)49-42/h1-31H. The summed E-state index contributed by atoms with van der Waals surface area (Å²) in [6.07, 6.45) is 0. The molecule has 0 atom stereocenters. The van der Waals surface area contributed by atoms with Crippen LogP contribution in [0, 0.1) is 0 Å². The van der Waals surface area contributed by atoms with E-state index in [9.17, 15) is 0 Å². The van der Waals surface area contributed by atoms with Crippen molar-refractivity contribution in [2.24, 2.45) is 0 Å². The van der Waals surface area contributed by atoms with E-state index in [1.54, 1.807) is 0 Å². The van der Waals surface area contributed by atoms with Crippen molar-refractivity contribution in [1.82, 2.24) is 15.0 Å². The maximum Gasteiger partial charge on any atom is 0.164 e. The van der Waals surface area contributed by atoms with Gasteiger partial charge in [-0.1, -0.05) is 127 Å². The van der Waals surface area contributed by atoms with E-state index in [2.05, 4.69) is 115 Å². The van der Waals surface area contributed by atoms with Crippen LogP contribution in [-0.2, 0) is 0 Å². The molecular formula is C45H31N3OS. The van der Waals surface area contributed by atoms with E-state index < -0.39 is 10.0 Å². The highest BCUT2D eigenvalue weighted by Crippen LogP contribution is 2.73. The lowest BCUT2D eigenvalue weighted by Crippen LogP contribution is -2.06. The van der Waals surface area contributed by atoms with E-state index in [1.165, 1.54) is 19.6 Å². The summed E-state index contributed by atoms with van der Waals surface area (Å²) in [7, 11) is -2.02. The molecule has 9 rings (SSSR count). The molecule has 0 aliphatic carbocycles. The summed E-state index contributed by atoms with van der Waals surface area (Å²) in [4.78, 5) is 20.0. The third-order valence-corrected chi connectivity index (χ3v) is 12.9. The van der Waals surface area contributed by atoms with Crippen LogP contribution in [-0.4, -0.2) is 15.0 Å². The van der Waals surface area contributed by atoms with Crippen molar-refractivity contribution in [3.8, 4) is 34.2 Å². The highest BCUT2D eigenvalue weighted by Gasteiger charge is 2.34. The maximum absolute atomic E-state index is 6.30. The van der Waals surface area contributed by atoms with Crippen LogP contribution in [0.2, 0.25) is 0 Å². The van der Waals surface area contributed by atoms with Crippen LogP contribution in [0.3, 0.4) is 0 Å². The molecule has 50 heavy (non-hydrogen) atoms. The number of para-hydroxylation sites is 1. The smallest absolute Gasteiger partial charge is 0.164 e. The van der Waals surface area contributed by atoms with Crippen LogP contribution < -0.4 is 0 Å². The number of fused-ring (bicyclic) bond motifs is 3. The molecule has 0 N–H and O–H groups in total. The van der Waals surface area contributed by atoms with Crippen molar-refractivity contribution in [3.05, 3.63) is 188 Å². The van der Waals surface area contributed by atoms with Gasteiger partial charge in [-0.25, -0.2) is 15.0 Å². The number of benzene rings is 7. The van der Waals surface area contributed by atoms with Gasteiger partial charge in [0.2, 0.25) is 0 Å². The summed E-state index contributed by atoms with van der Waals surface area (Å²) < 4.78 is 6.30. The predicted molar refractivity (Wildman–Crippen MR) is 203 cm³/mol. The van der Waals surface area contributed by atoms with Gasteiger partial charge in [0.1, 0.15) is 11.2 Å². The van der Waals surface area contributed by atoms with Gasteiger partial charge >= 0.3 is 0 Å². The minimum absolute atomic E-state index is 0.630. The largest absolute Gasteiger partial charge is 0.456 e. The molecule has 0 amide bonds. The van der Waals surface area contributed by atoms with Crippen molar-refractivity contribution >= 4 is 32.0 Å². The fourth-order valence-corrected chi connectivity index (χ4v) is 10.6. The SMILES string of the molecule is c1ccc(-c2nc(-c3ccccc3)nc(-c3cccc(S(c4ccccc4)(c4ccccc4)c4ccc5oc6ccccc6c5c4)c3)n2)cc1.